The van der Waals surface area contributed by atoms with E-state index in [-0.39, 0.29) is 18.4 Å². The SMILES string of the molecule is CCNC(=O)[C@]1(Cc2ccc(-c3cccs3)cc2)CN(C(=O)c2ccccn2)CCO1. The number of pyridine rings is 1. The van der Waals surface area contributed by atoms with Gasteiger partial charge in [0.15, 0.2) is 5.60 Å². The lowest BCUT2D eigenvalue weighted by Crippen LogP contribution is -2.62. The summed E-state index contributed by atoms with van der Waals surface area (Å²) in [5.41, 5.74) is 1.36. The van der Waals surface area contributed by atoms with Crippen LogP contribution in [0.15, 0.2) is 66.2 Å². The molecule has 3 heterocycles. The number of hydrogen-bond acceptors (Lipinski definition) is 5. The van der Waals surface area contributed by atoms with Crippen LogP contribution in [-0.4, -0.2) is 53.5 Å². The Morgan fingerprint density at radius 1 is 1.16 bits per heavy atom. The van der Waals surface area contributed by atoms with Crippen molar-refractivity contribution < 1.29 is 14.3 Å². The first kappa shape index (κ1) is 21.2. The molecule has 1 aromatic carbocycles. The van der Waals surface area contributed by atoms with Crippen molar-refractivity contribution >= 4 is 23.2 Å². The Morgan fingerprint density at radius 3 is 2.68 bits per heavy atom. The van der Waals surface area contributed by atoms with Gasteiger partial charge in [0.25, 0.3) is 11.8 Å². The van der Waals surface area contributed by atoms with E-state index in [1.807, 2.05) is 25.1 Å². The van der Waals surface area contributed by atoms with Gasteiger partial charge in [-0.25, -0.2) is 0 Å². The average Bonchev–Trinajstić information content (AvgIpc) is 3.35. The molecule has 0 spiro atoms. The van der Waals surface area contributed by atoms with Crippen molar-refractivity contribution in [2.75, 3.05) is 26.2 Å². The number of rotatable bonds is 6. The number of thiophene rings is 1. The van der Waals surface area contributed by atoms with Crippen LogP contribution in [0.2, 0.25) is 0 Å². The molecule has 1 aliphatic heterocycles. The summed E-state index contributed by atoms with van der Waals surface area (Å²) in [4.78, 5) is 33.1. The molecule has 1 atom stereocenters. The standard InChI is InChI=1S/C24H25N3O3S/c1-2-25-23(29)24(16-18-8-10-19(11-9-18)21-7-5-15-31-21)17-27(13-14-30-24)22(28)20-6-3-4-12-26-20/h3-12,15H,2,13-14,16-17H2,1H3,(H,25,29)/t24-/m0/s1. The third-order valence-corrected chi connectivity index (χ3v) is 6.28. The van der Waals surface area contributed by atoms with E-state index in [2.05, 4.69) is 33.9 Å². The smallest absolute Gasteiger partial charge is 0.272 e. The summed E-state index contributed by atoms with van der Waals surface area (Å²) in [5, 5.41) is 4.95. The highest BCUT2D eigenvalue weighted by Gasteiger charge is 2.45. The Labute approximate surface area is 185 Å². The zero-order chi connectivity index (χ0) is 21.7. The lowest BCUT2D eigenvalue weighted by Gasteiger charge is -2.41. The van der Waals surface area contributed by atoms with Crippen molar-refractivity contribution in [3.05, 3.63) is 77.4 Å². The third-order valence-electron chi connectivity index (χ3n) is 5.36. The quantitative estimate of drug-likeness (QED) is 0.644. The van der Waals surface area contributed by atoms with Crippen LogP contribution in [0.5, 0.6) is 0 Å². The predicted octanol–water partition coefficient (Wildman–Crippen LogP) is 3.40. The molecule has 0 bridgehead atoms. The minimum atomic E-state index is -1.14. The fourth-order valence-corrected chi connectivity index (χ4v) is 4.55. The van der Waals surface area contributed by atoms with E-state index in [1.165, 1.54) is 4.88 Å². The summed E-state index contributed by atoms with van der Waals surface area (Å²) in [5.74, 6) is -0.388. The number of nitrogens with one attached hydrogen (secondary N) is 1. The fraction of sp³-hybridized carbons (Fsp3) is 0.292. The fourth-order valence-electron chi connectivity index (χ4n) is 3.81. The minimum Gasteiger partial charge on any atom is -0.361 e. The molecule has 0 saturated carbocycles. The number of benzene rings is 1. The van der Waals surface area contributed by atoms with E-state index in [0.29, 0.717) is 31.8 Å². The largest absolute Gasteiger partial charge is 0.361 e. The maximum atomic E-state index is 13.1. The Kier molecular flexibility index (Phi) is 6.44. The van der Waals surface area contributed by atoms with E-state index in [9.17, 15) is 9.59 Å². The van der Waals surface area contributed by atoms with Crippen LogP contribution in [0.3, 0.4) is 0 Å². The van der Waals surface area contributed by atoms with Crippen LogP contribution in [-0.2, 0) is 16.0 Å². The Morgan fingerprint density at radius 2 is 2.00 bits per heavy atom. The monoisotopic (exact) mass is 435 g/mol. The number of likely N-dealkylation sites (N-methyl/N-ethyl adjacent to an activating group) is 1. The van der Waals surface area contributed by atoms with Crippen LogP contribution < -0.4 is 5.32 Å². The zero-order valence-corrected chi connectivity index (χ0v) is 18.2. The number of carbonyl (C=O) groups is 2. The molecule has 1 fully saturated rings. The molecule has 4 rings (SSSR count). The number of hydrogen-bond donors (Lipinski definition) is 1. The van der Waals surface area contributed by atoms with Crippen LogP contribution in [0, 0.1) is 0 Å². The number of ether oxygens (including phenoxy) is 1. The molecule has 2 amide bonds. The summed E-state index contributed by atoms with van der Waals surface area (Å²) in [7, 11) is 0. The molecule has 160 valence electrons. The van der Waals surface area contributed by atoms with Crippen molar-refractivity contribution in [2.24, 2.45) is 0 Å². The molecule has 0 radical (unpaired) electrons. The molecule has 7 heteroatoms. The van der Waals surface area contributed by atoms with Gasteiger partial charge in [-0.2, -0.15) is 0 Å². The van der Waals surface area contributed by atoms with Crippen molar-refractivity contribution in [3.8, 4) is 10.4 Å². The summed E-state index contributed by atoms with van der Waals surface area (Å²) < 4.78 is 6.08. The number of morpholine rings is 1. The van der Waals surface area contributed by atoms with E-state index < -0.39 is 5.60 Å². The highest BCUT2D eigenvalue weighted by atomic mass is 32.1. The minimum absolute atomic E-state index is 0.181. The number of nitrogens with zero attached hydrogens (tertiary/aromatic N) is 2. The van der Waals surface area contributed by atoms with Crippen LogP contribution >= 0.6 is 11.3 Å². The predicted molar refractivity (Wildman–Crippen MR) is 121 cm³/mol. The Balaban J connectivity index is 1.58. The van der Waals surface area contributed by atoms with Gasteiger partial charge in [-0.05, 0) is 41.6 Å². The van der Waals surface area contributed by atoms with Crippen molar-refractivity contribution in [3.63, 3.8) is 0 Å². The molecule has 1 saturated heterocycles. The van der Waals surface area contributed by atoms with Crippen LogP contribution in [0.25, 0.3) is 10.4 Å². The van der Waals surface area contributed by atoms with Gasteiger partial charge in [-0.15, -0.1) is 11.3 Å². The van der Waals surface area contributed by atoms with Crippen molar-refractivity contribution in [1.82, 2.24) is 15.2 Å². The molecule has 2 aromatic heterocycles. The first-order valence-electron chi connectivity index (χ1n) is 10.4. The average molecular weight is 436 g/mol. The normalized spacial score (nSPS) is 18.5. The van der Waals surface area contributed by atoms with Gasteiger partial charge in [0.05, 0.1) is 13.2 Å². The van der Waals surface area contributed by atoms with Crippen molar-refractivity contribution in [2.45, 2.75) is 18.9 Å². The Bertz CT molecular complexity index is 1020. The first-order valence-corrected chi connectivity index (χ1v) is 11.2. The van der Waals surface area contributed by atoms with Crippen LogP contribution in [0.1, 0.15) is 23.0 Å². The van der Waals surface area contributed by atoms with Gasteiger partial charge in [0.2, 0.25) is 0 Å². The highest BCUT2D eigenvalue weighted by Crippen LogP contribution is 2.28. The zero-order valence-electron chi connectivity index (χ0n) is 17.4. The van der Waals surface area contributed by atoms with Gasteiger partial charge in [0, 0.05) is 30.6 Å². The lowest BCUT2D eigenvalue weighted by atomic mass is 9.90. The molecule has 0 aliphatic carbocycles. The molecule has 6 nitrogen and oxygen atoms in total. The number of carbonyl (C=O) groups excluding carboxylic acids is 2. The topological polar surface area (TPSA) is 71.5 Å². The lowest BCUT2D eigenvalue weighted by molar-refractivity contribution is -0.157. The molecule has 3 aromatic rings. The second-order valence-electron chi connectivity index (χ2n) is 7.49. The molecular formula is C24H25N3O3S. The molecule has 1 N–H and O–H groups in total. The summed E-state index contributed by atoms with van der Waals surface area (Å²) in [6.45, 7) is 3.27. The summed E-state index contributed by atoms with van der Waals surface area (Å²) in [6.07, 6.45) is 1.98. The second kappa shape index (κ2) is 9.41. The van der Waals surface area contributed by atoms with E-state index in [1.54, 1.807) is 40.6 Å². The Hall–Kier alpha value is -3.03. The maximum absolute atomic E-state index is 13.1. The van der Waals surface area contributed by atoms with E-state index in [4.69, 9.17) is 4.74 Å². The van der Waals surface area contributed by atoms with Gasteiger partial charge in [-0.3, -0.25) is 14.6 Å². The van der Waals surface area contributed by atoms with E-state index >= 15 is 0 Å². The molecule has 31 heavy (non-hydrogen) atoms. The van der Waals surface area contributed by atoms with E-state index in [0.717, 1.165) is 11.1 Å². The second-order valence-corrected chi connectivity index (χ2v) is 8.44. The van der Waals surface area contributed by atoms with Gasteiger partial charge in [0.1, 0.15) is 5.69 Å². The summed E-state index contributed by atoms with van der Waals surface area (Å²) in [6, 6.07) is 17.5. The first-order chi connectivity index (χ1) is 15.1. The molecule has 0 unspecified atom stereocenters. The number of amides is 2. The van der Waals surface area contributed by atoms with Gasteiger partial charge in [-0.1, -0.05) is 36.4 Å². The number of aromatic nitrogens is 1. The molecule has 1 aliphatic rings. The summed E-state index contributed by atoms with van der Waals surface area (Å²) >= 11 is 1.69. The third kappa shape index (κ3) is 4.68. The van der Waals surface area contributed by atoms with Crippen molar-refractivity contribution in [1.29, 1.82) is 0 Å². The van der Waals surface area contributed by atoms with Gasteiger partial charge < -0.3 is 15.0 Å². The highest BCUT2D eigenvalue weighted by molar-refractivity contribution is 7.13. The van der Waals surface area contributed by atoms with Gasteiger partial charge >= 0.3 is 0 Å². The molecular weight excluding hydrogens is 410 g/mol. The van der Waals surface area contributed by atoms with Crippen LogP contribution in [0.4, 0.5) is 0 Å². The maximum Gasteiger partial charge on any atom is 0.272 e.